The van der Waals surface area contributed by atoms with E-state index >= 15 is 0 Å². The van der Waals surface area contributed by atoms with Gasteiger partial charge in [-0.05, 0) is 110 Å². The van der Waals surface area contributed by atoms with Crippen molar-refractivity contribution >= 4 is 41.3 Å². The molecule has 11 nitrogen and oxygen atoms in total. The molecule has 5 fully saturated rings. The molecule has 0 aromatic heterocycles. The third-order valence-corrected chi connectivity index (χ3v) is 16.6. The molecule has 0 N–H and O–H groups in total. The van der Waals surface area contributed by atoms with E-state index in [1.165, 1.54) is 33.5 Å². The molecule has 0 amide bonds. The number of allylic oxidation sites excluding steroid dienone is 2. The topological polar surface area (TPSA) is 141 Å². The zero-order valence-corrected chi connectivity index (χ0v) is 35.5. The molecule has 0 spiro atoms. The van der Waals surface area contributed by atoms with Crippen molar-refractivity contribution in [2.45, 2.75) is 163 Å². The van der Waals surface area contributed by atoms with Crippen LogP contribution in [0.25, 0.3) is 0 Å². The lowest BCUT2D eigenvalue weighted by Crippen LogP contribution is -2.67. The van der Waals surface area contributed by atoms with E-state index < -0.39 is 58.7 Å². The maximum Gasteiger partial charge on any atom is 0.311 e. The Balaban J connectivity index is 1.29. The van der Waals surface area contributed by atoms with Gasteiger partial charge < -0.3 is 28.4 Å². The zero-order valence-electron chi connectivity index (χ0n) is 34.7. The van der Waals surface area contributed by atoms with E-state index in [0.29, 0.717) is 12.8 Å². The van der Waals surface area contributed by atoms with Crippen molar-refractivity contribution in [2.75, 3.05) is 13.7 Å². The number of ketones is 1. The summed E-state index contributed by atoms with van der Waals surface area (Å²) in [5, 5.41) is -1.04. The van der Waals surface area contributed by atoms with E-state index in [1.807, 2.05) is 13.0 Å². The molecule has 6 aliphatic rings. The Morgan fingerprint density at radius 1 is 0.836 bits per heavy atom. The molecule has 12 heteroatoms. The third-order valence-electron chi connectivity index (χ3n) is 16.1. The fourth-order valence-corrected chi connectivity index (χ4v) is 13.3. The van der Waals surface area contributed by atoms with Crippen molar-refractivity contribution in [3.8, 4) is 0 Å². The number of esters is 4. The summed E-state index contributed by atoms with van der Waals surface area (Å²) >= 11 is 6.98. The summed E-state index contributed by atoms with van der Waals surface area (Å²) in [6.07, 6.45) is 5.03. The number of ether oxygens (including phenoxy) is 6. The Hall–Kier alpha value is -2.50. The van der Waals surface area contributed by atoms with Gasteiger partial charge in [0.1, 0.15) is 18.1 Å². The first-order valence-electron chi connectivity index (χ1n) is 20.2. The smallest absolute Gasteiger partial charge is 0.311 e. The summed E-state index contributed by atoms with van der Waals surface area (Å²) in [7, 11) is 1.47. The maximum atomic E-state index is 14.9. The van der Waals surface area contributed by atoms with Crippen LogP contribution in [0, 0.1) is 50.2 Å². The first kappa shape index (κ1) is 42.1. The molecular weight excluding hydrogens is 728 g/mol. The van der Waals surface area contributed by atoms with Crippen LogP contribution in [-0.4, -0.2) is 79.5 Å². The highest BCUT2D eigenvalue weighted by atomic mass is 35.5. The van der Waals surface area contributed by atoms with Crippen molar-refractivity contribution < 1.29 is 52.4 Å². The number of methoxy groups -OCH3 is 1. The highest BCUT2D eigenvalue weighted by Crippen LogP contribution is 2.75. The fraction of sp³-hybridized carbons (Fsp3) is 0.837. The summed E-state index contributed by atoms with van der Waals surface area (Å²) in [5.74, 6) is -1.69. The van der Waals surface area contributed by atoms with Gasteiger partial charge in [-0.1, -0.05) is 47.1 Å². The van der Waals surface area contributed by atoms with Crippen molar-refractivity contribution in [3.63, 3.8) is 0 Å². The van der Waals surface area contributed by atoms with Crippen molar-refractivity contribution in [3.05, 3.63) is 11.6 Å². The van der Waals surface area contributed by atoms with Gasteiger partial charge in [0.05, 0.1) is 18.6 Å². The molecule has 0 unspecified atom stereocenters. The Morgan fingerprint density at radius 2 is 1.47 bits per heavy atom. The molecule has 1 heterocycles. The van der Waals surface area contributed by atoms with Crippen LogP contribution in [0.15, 0.2) is 11.6 Å². The Bertz CT molecular complexity index is 1620. The molecular formula is C43H63ClO11. The van der Waals surface area contributed by atoms with Gasteiger partial charge in [0.25, 0.3) is 0 Å². The molecule has 0 radical (unpaired) electrons. The number of carbonyl (C=O) groups excluding carboxylic acids is 5. The van der Waals surface area contributed by atoms with Crippen LogP contribution in [0.3, 0.4) is 0 Å². The number of carbonyl (C=O) groups is 5. The minimum absolute atomic E-state index is 0.0339. The van der Waals surface area contributed by atoms with Crippen LogP contribution >= 0.6 is 11.6 Å². The number of alkyl halides is 1. The predicted octanol–water partition coefficient (Wildman–Crippen LogP) is 7.28. The Labute approximate surface area is 331 Å². The van der Waals surface area contributed by atoms with E-state index in [-0.39, 0.29) is 63.9 Å². The van der Waals surface area contributed by atoms with E-state index in [2.05, 4.69) is 41.5 Å². The summed E-state index contributed by atoms with van der Waals surface area (Å²) in [6.45, 7) is 19.4. The SMILES string of the molecule is COC(=O)[C@@]1(C)CC[C@]2(C)CC[C@]3(C)C(=CC(=O)[C@@H]4[C@@]5(C)CC[C@H](O[C@H]6O[C@H](COC(C)=O)[C@H](OC(C)=O)[C@H](OC(C)=O)[C@@H]6Cl)C(C)(C)[C@@H]5CC[C@]43C)[C@H]2C1. The van der Waals surface area contributed by atoms with E-state index in [9.17, 15) is 24.0 Å². The van der Waals surface area contributed by atoms with Crippen LogP contribution in [0.5, 0.6) is 0 Å². The van der Waals surface area contributed by atoms with Gasteiger partial charge >= 0.3 is 23.9 Å². The molecule has 4 saturated carbocycles. The minimum atomic E-state index is -1.13. The van der Waals surface area contributed by atoms with Crippen LogP contribution < -0.4 is 0 Å². The molecule has 1 saturated heterocycles. The molecule has 1 aliphatic heterocycles. The van der Waals surface area contributed by atoms with E-state index in [1.54, 1.807) is 0 Å². The van der Waals surface area contributed by atoms with Gasteiger partial charge in [0, 0.05) is 26.7 Å². The fourth-order valence-electron chi connectivity index (χ4n) is 13.0. The monoisotopic (exact) mass is 790 g/mol. The highest BCUT2D eigenvalue weighted by molar-refractivity contribution is 6.21. The third kappa shape index (κ3) is 6.77. The first-order chi connectivity index (χ1) is 25.5. The Kier molecular flexibility index (Phi) is 11.0. The first-order valence-corrected chi connectivity index (χ1v) is 20.7. The number of rotatable bonds is 7. The Morgan fingerprint density at radius 3 is 2.09 bits per heavy atom. The van der Waals surface area contributed by atoms with Crippen LogP contribution in [-0.2, 0) is 52.4 Å². The van der Waals surface area contributed by atoms with E-state index in [0.717, 1.165) is 44.9 Å². The highest BCUT2D eigenvalue weighted by Gasteiger charge is 2.70. The minimum Gasteiger partial charge on any atom is -0.469 e. The maximum absolute atomic E-state index is 14.9. The summed E-state index contributed by atoms with van der Waals surface area (Å²) in [5.41, 5.74) is -0.507. The average Bonchev–Trinajstić information content (AvgIpc) is 3.08. The van der Waals surface area contributed by atoms with Gasteiger partial charge in [-0.25, -0.2) is 0 Å². The van der Waals surface area contributed by atoms with Gasteiger partial charge in [0.2, 0.25) is 0 Å². The van der Waals surface area contributed by atoms with Crippen molar-refractivity contribution in [2.24, 2.45) is 50.2 Å². The number of hydrogen-bond acceptors (Lipinski definition) is 11. The average molecular weight is 791 g/mol. The van der Waals surface area contributed by atoms with Crippen LogP contribution in [0.4, 0.5) is 0 Å². The van der Waals surface area contributed by atoms with E-state index in [4.69, 9.17) is 40.0 Å². The lowest BCUT2D eigenvalue weighted by Gasteiger charge is -2.70. The molecule has 5 aliphatic carbocycles. The molecule has 6 rings (SSSR count). The van der Waals surface area contributed by atoms with Crippen molar-refractivity contribution in [1.82, 2.24) is 0 Å². The molecule has 55 heavy (non-hydrogen) atoms. The molecule has 0 bridgehead atoms. The lowest BCUT2D eigenvalue weighted by molar-refractivity contribution is -0.297. The van der Waals surface area contributed by atoms with Crippen molar-refractivity contribution in [1.29, 1.82) is 0 Å². The molecule has 308 valence electrons. The quantitative estimate of drug-likeness (QED) is 0.111. The molecule has 0 aromatic rings. The van der Waals surface area contributed by atoms with Crippen LogP contribution in [0.2, 0.25) is 0 Å². The largest absolute Gasteiger partial charge is 0.469 e. The summed E-state index contributed by atoms with van der Waals surface area (Å²) in [4.78, 5) is 64.1. The number of hydrogen-bond donors (Lipinski definition) is 0. The number of fused-ring (bicyclic) bond motifs is 7. The summed E-state index contributed by atoms with van der Waals surface area (Å²) < 4.78 is 34.8. The summed E-state index contributed by atoms with van der Waals surface area (Å²) in [6, 6.07) is 0. The molecule has 14 atom stereocenters. The lowest BCUT2D eigenvalue weighted by atomic mass is 9.33. The molecule has 0 aromatic carbocycles. The normalized spacial score (nSPS) is 46.0. The second-order valence-electron chi connectivity index (χ2n) is 19.7. The van der Waals surface area contributed by atoms with Crippen LogP contribution in [0.1, 0.15) is 127 Å². The standard InChI is InChI=1S/C43H63ClO11/c1-23(45)51-22-29-33(52-24(2)46)34(53-25(3)47)32(44)36(54-29)55-31-13-14-41(8)30(38(31,4)5)12-15-43(10)35(41)28(48)20-26-27-21-40(7,37(49)50-11)17-16-39(27,6)18-19-42(26,43)9/h20,27,29-36H,12-19,21-22H2,1-11H3/t27-,29-,30+,31+,32+,33+,34-,35-,36-,39-,40+,41+,42-,43-/m1/s1. The predicted molar refractivity (Wildman–Crippen MR) is 202 cm³/mol. The second kappa shape index (κ2) is 14.4. The number of halogens is 1. The van der Waals surface area contributed by atoms with Gasteiger partial charge in [-0.2, -0.15) is 0 Å². The van der Waals surface area contributed by atoms with Gasteiger partial charge in [-0.3, -0.25) is 24.0 Å². The van der Waals surface area contributed by atoms with Gasteiger partial charge in [-0.15, -0.1) is 11.6 Å². The van der Waals surface area contributed by atoms with Gasteiger partial charge in [0.15, 0.2) is 24.3 Å². The zero-order chi connectivity index (χ0) is 40.7. The second-order valence-corrected chi connectivity index (χ2v) is 20.2.